The normalized spacial score (nSPS) is 19.0. The lowest BCUT2D eigenvalue weighted by molar-refractivity contribution is 0.0933. The van der Waals surface area contributed by atoms with E-state index in [9.17, 15) is 4.79 Å². The van der Waals surface area contributed by atoms with Crippen LogP contribution >= 0.6 is 23.7 Å². The number of amides is 1. The van der Waals surface area contributed by atoms with Gasteiger partial charge in [0.05, 0.1) is 12.1 Å². The Morgan fingerprint density at radius 2 is 2.39 bits per heavy atom. The van der Waals surface area contributed by atoms with Crippen LogP contribution in [0.5, 0.6) is 0 Å². The average molecular weight is 356 g/mol. The molecule has 8 heteroatoms. The van der Waals surface area contributed by atoms with Gasteiger partial charge in [-0.25, -0.2) is 4.98 Å². The van der Waals surface area contributed by atoms with Crippen molar-refractivity contribution in [1.82, 2.24) is 25.4 Å². The molecule has 0 spiro atoms. The van der Waals surface area contributed by atoms with Crippen LogP contribution in [0.1, 0.15) is 53.0 Å². The maximum Gasteiger partial charge on any atom is 0.272 e. The number of piperidine rings is 1. The molecular formula is C15H22ClN5OS. The Kier molecular flexibility index (Phi) is 6.15. The molecule has 3 rings (SSSR count). The number of aromatic nitrogens is 3. The number of carbonyl (C=O) groups excluding carboxylic acids is 1. The second-order valence-electron chi connectivity index (χ2n) is 5.70. The van der Waals surface area contributed by atoms with Crippen LogP contribution in [0.25, 0.3) is 0 Å². The average Bonchev–Trinajstić information content (AvgIpc) is 3.17. The Bertz CT molecular complexity index is 650. The summed E-state index contributed by atoms with van der Waals surface area (Å²) in [5, 5.41) is 13.7. The van der Waals surface area contributed by atoms with Gasteiger partial charge >= 0.3 is 0 Å². The van der Waals surface area contributed by atoms with E-state index in [1.54, 1.807) is 17.4 Å². The lowest BCUT2D eigenvalue weighted by atomic mass is 10.1. The van der Waals surface area contributed by atoms with Crippen LogP contribution < -0.4 is 10.6 Å². The maximum absolute atomic E-state index is 12.3. The number of hydrogen-bond acceptors (Lipinski definition) is 5. The smallest absolute Gasteiger partial charge is 0.272 e. The molecule has 6 nitrogen and oxygen atoms in total. The van der Waals surface area contributed by atoms with Crippen LogP contribution in [0.3, 0.4) is 0 Å². The molecule has 126 valence electrons. The standard InChI is InChI=1S/C15H21N5OS.ClH/c1-10-9-22-15(17-10)11(2)18-14(21)13-5-7-20(19-13)12-4-3-6-16-8-12;/h5,7,9,11-12,16H,3-4,6,8H2,1-2H3,(H,18,21);1H. The monoisotopic (exact) mass is 355 g/mol. The molecule has 1 fully saturated rings. The van der Waals surface area contributed by atoms with E-state index in [0.29, 0.717) is 11.7 Å². The lowest BCUT2D eigenvalue weighted by Crippen LogP contribution is -2.32. The Labute approximate surface area is 146 Å². The third kappa shape index (κ3) is 4.31. The molecule has 2 atom stereocenters. The van der Waals surface area contributed by atoms with Crippen molar-refractivity contribution in [2.45, 2.75) is 38.8 Å². The summed E-state index contributed by atoms with van der Waals surface area (Å²) in [6.45, 7) is 5.88. The van der Waals surface area contributed by atoms with Gasteiger partial charge < -0.3 is 10.6 Å². The molecular weight excluding hydrogens is 334 g/mol. The molecule has 1 aliphatic rings. The Hall–Kier alpha value is -1.44. The summed E-state index contributed by atoms with van der Waals surface area (Å²) in [6, 6.07) is 2.02. The first-order valence-electron chi connectivity index (χ1n) is 7.62. The van der Waals surface area contributed by atoms with E-state index in [4.69, 9.17) is 0 Å². The highest BCUT2D eigenvalue weighted by Gasteiger charge is 2.19. The second-order valence-corrected chi connectivity index (χ2v) is 6.59. The highest BCUT2D eigenvalue weighted by Crippen LogP contribution is 2.19. The minimum Gasteiger partial charge on any atom is -0.342 e. The van der Waals surface area contributed by atoms with Gasteiger partial charge in [0.2, 0.25) is 0 Å². The molecule has 2 aromatic rings. The van der Waals surface area contributed by atoms with E-state index >= 15 is 0 Å². The van der Waals surface area contributed by atoms with Gasteiger partial charge in [-0.2, -0.15) is 5.10 Å². The van der Waals surface area contributed by atoms with Crippen molar-refractivity contribution in [2.75, 3.05) is 13.1 Å². The van der Waals surface area contributed by atoms with E-state index in [1.807, 2.05) is 30.1 Å². The molecule has 1 aliphatic heterocycles. The third-order valence-electron chi connectivity index (χ3n) is 3.84. The number of rotatable bonds is 4. The highest BCUT2D eigenvalue weighted by atomic mass is 35.5. The summed E-state index contributed by atoms with van der Waals surface area (Å²) in [5.74, 6) is -0.150. The quantitative estimate of drug-likeness (QED) is 0.883. The fraction of sp³-hybridized carbons (Fsp3) is 0.533. The molecule has 0 saturated carbocycles. The van der Waals surface area contributed by atoms with Gasteiger partial charge in [0.1, 0.15) is 10.7 Å². The maximum atomic E-state index is 12.3. The molecule has 2 aromatic heterocycles. The van der Waals surface area contributed by atoms with Gasteiger partial charge in [0, 0.05) is 23.8 Å². The van der Waals surface area contributed by atoms with E-state index in [-0.39, 0.29) is 24.4 Å². The van der Waals surface area contributed by atoms with Crippen LogP contribution in [0.15, 0.2) is 17.6 Å². The summed E-state index contributed by atoms with van der Waals surface area (Å²) in [4.78, 5) is 16.7. The summed E-state index contributed by atoms with van der Waals surface area (Å²) in [6.07, 6.45) is 4.14. The molecule has 3 heterocycles. The van der Waals surface area contributed by atoms with Crippen LogP contribution in [-0.4, -0.2) is 33.8 Å². The van der Waals surface area contributed by atoms with Crippen LogP contribution in [-0.2, 0) is 0 Å². The van der Waals surface area contributed by atoms with Crippen molar-refractivity contribution in [2.24, 2.45) is 0 Å². The highest BCUT2D eigenvalue weighted by molar-refractivity contribution is 7.09. The number of halogens is 1. The molecule has 0 bridgehead atoms. The van der Waals surface area contributed by atoms with Crippen molar-refractivity contribution < 1.29 is 4.79 Å². The van der Waals surface area contributed by atoms with Crippen LogP contribution in [0, 0.1) is 6.92 Å². The number of carbonyl (C=O) groups is 1. The second kappa shape index (κ2) is 7.90. The van der Waals surface area contributed by atoms with E-state index < -0.39 is 0 Å². The zero-order valence-electron chi connectivity index (χ0n) is 13.3. The van der Waals surface area contributed by atoms with Gasteiger partial charge in [-0.15, -0.1) is 23.7 Å². The third-order valence-corrected chi connectivity index (χ3v) is 4.99. The Morgan fingerprint density at radius 1 is 1.57 bits per heavy atom. The summed E-state index contributed by atoms with van der Waals surface area (Å²) < 4.78 is 1.90. The number of nitrogens with zero attached hydrogens (tertiary/aromatic N) is 3. The largest absolute Gasteiger partial charge is 0.342 e. The number of aryl methyl sites for hydroxylation is 1. The zero-order valence-corrected chi connectivity index (χ0v) is 14.9. The van der Waals surface area contributed by atoms with Crippen molar-refractivity contribution in [1.29, 1.82) is 0 Å². The molecule has 23 heavy (non-hydrogen) atoms. The summed E-state index contributed by atoms with van der Waals surface area (Å²) in [7, 11) is 0. The van der Waals surface area contributed by atoms with Crippen molar-refractivity contribution >= 4 is 29.7 Å². The SMILES string of the molecule is Cc1csc(C(C)NC(=O)c2ccn(C3CCCNC3)n2)n1.Cl. The van der Waals surface area contributed by atoms with Crippen molar-refractivity contribution in [3.63, 3.8) is 0 Å². The predicted octanol–water partition coefficient (Wildman–Crippen LogP) is 2.49. The molecule has 1 saturated heterocycles. The van der Waals surface area contributed by atoms with E-state index in [1.165, 1.54) is 0 Å². The van der Waals surface area contributed by atoms with Gasteiger partial charge in [0.15, 0.2) is 0 Å². The van der Waals surface area contributed by atoms with Crippen LogP contribution in [0.2, 0.25) is 0 Å². The number of nitrogens with one attached hydrogen (secondary N) is 2. The van der Waals surface area contributed by atoms with Gasteiger partial charge in [-0.1, -0.05) is 0 Å². The number of thiazole rings is 1. The predicted molar refractivity (Wildman–Crippen MR) is 93.3 cm³/mol. The van der Waals surface area contributed by atoms with Gasteiger partial charge in [-0.05, 0) is 39.3 Å². The molecule has 0 aromatic carbocycles. The first-order valence-corrected chi connectivity index (χ1v) is 8.50. The van der Waals surface area contributed by atoms with E-state index in [0.717, 1.165) is 36.6 Å². The Morgan fingerprint density at radius 3 is 3.04 bits per heavy atom. The lowest BCUT2D eigenvalue weighted by Gasteiger charge is -2.22. The van der Waals surface area contributed by atoms with E-state index in [2.05, 4.69) is 20.7 Å². The molecule has 0 radical (unpaired) electrons. The fourth-order valence-electron chi connectivity index (χ4n) is 2.63. The van der Waals surface area contributed by atoms with Crippen molar-refractivity contribution in [3.05, 3.63) is 34.0 Å². The summed E-state index contributed by atoms with van der Waals surface area (Å²) in [5.41, 5.74) is 1.45. The van der Waals surface area contributed by atoms with Crippen molar-refractivity contribution in [3.8, 4) is 0 Å². The van der Waals surface area contributed by atoms with Gasteiger partial charge in [-0.3, -0.25) is 9.48 Å². The topological polar surface area (TPSA) is 71.8 Å². The Balaban J connectivity index is 0.00000192. The fourth-order valence-corrected chi connectivity index (χ4v) is 3.43. The summed E-state index contributed by atoms with van der Waals surface area (Å²) >= 11 is 1.56. The first-order chi connectivity index (χ1) is 10.6. The molecule has 1 amide bonds. The minimum atomic E-state index is -0.150. The first kappa shape index (κ1) is 17.9. The molecule has 2 unspecified atom stereocenters. The molecule has 0 aliphatic carbocycles. The number of hydrogen-bond donors (Lipinski definition) is 2. The van der Waals surface area contributed by atoms with Gasteiger partial charge in [0.25, 0.3) is 5.91 Å². The zero-order chi connectivity index (χ0) is 15.5. The molecule has 2 N–H and O–H groups in total. The van der Waals surface area contributed by atoms with Crippen LogP contribution in [0.4, 0.5) is 0 Å². The minimum absolute atomic E-state index is 0.